The van der Waals surface area contributed by atoms with Gasteiger partial charge in [0, 0.05) is 26.2 Å². The van der Waals surface area contributed by atoms with E-state index >= 15 is 0 Å². The van der Waals surface area contributed by atoms with Crippen LogP contribution >= 0.6 is 0 Å². The number of carbonyl (C=O) groups excluding carboxylic acids is 2. The van der Waals surface area contributed by atoms with Crippen molar-refractivity contribution < 1.29 is 24.2 Å². The number of carboxylic acid groups (broad SMARTS) is 1. The van der Waals surface area contributed by atoms with E-state index in [9.17, 15) is 14.4 Å². The lowest BCUT2D eigenvalue weighted by molar-refractivity contribution is -0.139. The Morgan fingerprint density at radius 2 is 1.81 bits per heavy atom. The van der Waals surface area contributed by atoms with Crippen LogP contribution in [0, 0.1) is 11.3 Å². The Morgan fingerprint density at radius 3 is 2.38 bits per heavy atom. The predicted molar refractivity (Wildman–Crippen MR) is 75.7 cm³/mol. The Bertz CT molecular complexity index is 389. The number of hydrogen-bond acceptors (Lipinski definition) is 4. The molecule has 7 heteroatoms. The molecule has 0 aromatic carbocycles. The van der Waals surface area contributed by atoms with E-state index in [1.54, 1.807) is 13.8 Å². The molecule has 7 nitrogen and oxygen atoms in total. The van der Waals surface area contributed by atoms with Gasteiger partial charge in [-0.05, 0) is 24.2 Å². The zero-order valence-corrected chi connectivity index (χ0v) is 12.6. The minimum absolute atomic E-state index is 0.00993. The van der Waals surface area contributed by atoms with Crippen LogP contribution in [0.5, 0.6) is 0 Å². The van der Waals surface area contributed by atoms with Gasteiger partial charge in [-0.1, -0.05) is 13.8 Å². The van der Waals surface area contributed by atoms with E-state index in [1.165, 1.54) is 0 Å². The summed E-state index contributed by atoms with van der Waals surface area (Å²) in [6.45, 7) is 5.29. The zero-order valence-electron chi connectivity index (χ0n) is 12.6. The van der Waals surface area contributed by atoms with Crippen LogP contribution in [0.25, 0.3) is 0 Å². The minimum Gasteiger partial charge on any atom is -0.481 e. The number of rotatable bonds is 6. The summed E-state index contributed by atoms with van der Waals surface area (Å²) in [4.78, 5) is 34.0. The van der Waals surface area contributed by atoms with E-state index < -0.39 is 23.3 Å². The minimum atomic E-state index is -0.961. The highest BCUT2D eigenvalue weighted by molar-refractivity contribution is 5.94. The molecular weight excluding hydrogens is 276 g/mol. The van der Waals surface area contributed by atoms with Gasteiger partial charge in [0.25, 0.3) is 0 Å². The topological polar surface area (TPSA) is 105 Å². The molecule has 3 N–H and O–H groups in total. The van der Waals surface area contributed by atoms with Gasteiger partial charge in [0.1, 0.15) is 0 Å². The highest BCUT2D eigenvalue weighted by Crippen LogP contribution is 2.24. The highest BCUT2D eigenvalue weighted by atomic mass is 16.5. The second kappa shape index (κ2) is 7.97. The van der Waals surface area contributed by atoms with Crippen LogP contribution in [0.15, 0.2) is 0 Å². The van der Waals surface area contributed by atoms with E-state index in [2.05, 4.69) is 10.6 Å². The Balaban J connectivity index is 2.26. The fourth-order valence-electron chi connectivity index (χ4n) is 2.31. The maximum absolute atomic E-state index is 11.7. The quantitative estimate of drug-likeness (QED) is 0.682. The molecule has 0 aliphatic carbocycles. The van der Waals surface area contributed by atoms with Crippen LogP contribution in [-0.4, -0.2) is 42.8 Å². The summed E-state index contributed by atoms with van der Waals surface area (Å²) in [6.07, 6.45) is 1.67. The lowest BCUT2D eigenvalue weighted by Crippen LogP contribution is -2.43. The second-order valence-corrected chi connectivity index (χ2v) is 6.23. The van der Waals surface area contributed by atoms with Gasteiger partial charge in [0.15, 0.2) is 0 Å². The summed E-state index contributed by atoms with van der Waals surface area (Å²) in [7, 11) is 0. The van der Waals surface area contributed by atoms with Crippen LogP contribution in [0.2, 0.25) is 0 Å². The van der Waals surface area contributed by atoms with Gasteiger partial charge >= 0.3 is 12.0 Å². The maximum Gasteiger partial charge on any atom is 0.321 e. The fourth-order valence-corrected chi connectivity index (χ4v) is 2.31. The Hall–Kier alpha value is -1.63. The van der Waals surface area contributed by atoms with Crippen LogP contribution in [0.4, 0.5) is 4.79 Å². The second-order valence-electron chi connectivity index (χ2n) is 6.23. The summed E-state index contributed by atoms with van der Waals surface area (Å²) in [6, 6.07) is -0.530. The molecule has 1 aliphatic rings. The van der Waals surface area contributed by atoms with Crippen molar-refractivity contribution in [2.45, 2.75) is 39.5 Å². The molecule has 1 fully saturated rings. The number of amides is 3. The molecule has 0 atom stereocenters. The van der Waals surface area contributed by atoms with E-state index in [0.717, 1.165) is 12.8 Å². The van der Waals surface area contributed by atoms with Crippen LogP contribution in [0.1, 0.15) is 39.5 Å². The zero-order chi connectivity index (χ0) is 15.9. The van der Waals surface area contributed by atoms with E-state index in [1.807, 2.05) is 0 Å². The maximum atomic E-state index is 11.7. The van der Waals surface area contributed by atoms with Crippen LogP contribution in [-0.2, 0) is 14.3 Å². The van der Waals surface area contributed by atoms with E-state index in [0.29, 0.717) is 25.7 Å². The number of imide groups is 1. The van der Waals surface area contributed by atoms with Crippen molar-refractivity contribution in [3.63, 3.8) is 0 Å². The molecular formula is C14H24N2O5. The number of urea groups is 1. The molecule has 1 heterocycles. The van der Waals surface area contributed by atoms with Crippen molar-refractivity contribution in [1.29, 1.82) is 0 Å². The summed E-state index contributed by atoms with van der Waals surface area (Å²) in [5.74, 6) is -1.05. The Kier molecular flexibility index (Phi) is 6.61. The standard InChI is InChI=1S/C14H24N2O5/c1-14(2,8-12(18)19)7-11(17)16-13(20)15-9-10-3-5-21-6-4-10/h10H,3-9H2,1-2H3,(H,18,19)(H2,15,16,17,20). The van der Waals surface area contributed by atoms with Crippen molar-refractivity contribution in [2.24, 2.45) is 11.3 Å². The molecule has 0 radical (unpaired) electrons. The predicted octanol–water partition coefficient (Wildman–Crippen LogP) is 1.13. The number of ether oxygens (including phenoxy) is 1. The molecule has 3 amide bonds. The number of carboxylic acids is 1. The Labute approximate surface area is 124 Å². The largest absolute Gasteiger partial charge is 0.481 e. The molecule has 120 valence electrons. The first-order valence-electron chi connectivity index (χ1n) is 7.16. The molecule has 0 spiro atoms. The number of carbonyl (C=O) groups is 3. The lowest BCUT2D eigenvalue weighted by atomic mass is 9.85. The smallest absolute Gasteiger partial charge is 0.321 e. The van der Waals surface area contributed by atoms with Crippen LogP contribution < -0.4 is 10.6 Å². The van der Waals surface area contributed by atoms with Gasteiger partial charge in [-0.25, -0.2) is 4.79 Å². The van der Waals surface area contributed by atoms with Gasteiger partial charge in [-0.3, -0.25) is 14.9 Å². The van der Waals surface area contributed by atoms with Crippen molar-refractivity contribution in [2.75, 3.05) is 19.8 Å². The first-order chi connectivity index (χ1) is 9.78. The number of aliphatic carboxylic acids is 1. The Morgan fingerprint density at radius 1 is 1.19 bits per heavy atom. The van der Waals surface area contributed by atoms with Gasteiger partial charge in [0.2, 0.25) is 5.91 Å². The highest BCUT2D eigenvalue weighted by Gasteiger charge is 2.26. The third kappa shape index (κ3) is 7.65. The van der Waals surface area contributed by atoms with E-state index in [-0.39, 0.29) is 12.8 Å². The molecule has 0 aromatic rings. The van der Waals surface area contributed by atoms with Gasteiger partial charge in [-0.2, -0.15) is 0 Å². The van der Waals surface area contributed by atoms with E-state index in [4.69, 9.17) is 9.84 Å². The normalized spacial score (nSPS) is 16.3. The van der Waals surface area contributed by atoms with Crippen molar-refractivity contribution in [1.82, 2.24) is 10.6 Å². The molecule has 1 saturated heterocycles. The molecule has 21 heavy (non-hydrogen) atoms. The fraction of sp³-hybridized carbons (Fsp3) is 0.786. The van der Waals surface area contributed by atoms with Crippen molar-refractivity contribution in [3.05, 3.63) is 0 Å². The molecule has 0 unspecified atom stereocenters. The first-order valence-corrected chi connectivity index (χ1v) is 7.16. The van der Waals surface area contributed by atoms with Crippen molar-refractivity contribution in [3.8, 4) is 0 Å². The summed E-state index contributed by atoms with van der Waals surface area (Å²) in [5.41, 5.74) is -0.684. The average molecular weight is 300 g/mol. The first kappa shape index (κ1) is 17.4. The van der Waals surface area contributed by atoms with Gasteiger partial charge in [0.05, 0.1) is 6.42 Å². The summed E-state index contributed by atoms with van der Waals surface area (Å²) >= 11 is 0. The third-order valence-electron chi connectivity index (χ3n) is 3.41. The average Bonchev–Trinajstić information content (AvgIpc) is 2.35. The summed E-state index contributed by atoms with van der Waals surface area (Å²) < 4.78 is 5.23. The molecule has 1 aliphatic heterocycles. The SMILES string of the molecule is CC(C)(CC(=O)O)CC(=O)NC(=O)NCC1CCOCC1. The molecule has 1 rings (SSSR count). The van der Waals surface area contributed by atoms with Gasteiger partial charge in [-0.15, -0.1) is 0 Å². The van der Waals surface area contributed by atoms with Crippen molar-refractivity contribution >= 4 is 17.9 Å². The van der Waals surface area contributed by atoms with Gasteiger partial charge < -0.3 is 15.2 Å². The molecule has 0 aromatic heterocycles. The monoisotopic (exact) mass is 300 g/mol. The number of hydrogen-bond donors (Lipinski definition) is 3. The van der Waals surface area contributed by atoms with Crippen LogP contribution in [0.3, 0.4) is 0 Å². The third-order valence-corrected chi connectivity index (χ3v) is 3.41. The molecule has 0 bridgehead atoms. The summed E-state index contributed by atoms with van der Waals surface area (Å²) in [5, 5.41) is 13.7. The molecule has 0 saturated carbocycles. The number of nitrogens with one attached hydrogen (secondary N) is 2. The lowest BCUT2D eigenvalue weighted by Gasteiger charge is -2.23.